The molecule has 152 valence electrons. The Morgan fingerprint density at radius 3 is 2.46 bits per heavy atom. The fourth-order valence-electron chi connectivity index (χ4n) is 2.27. The quantitative estimate of drug-likeness (QED) is 0.195. The second-order valence-corrected chi connectivity index (χ2v) is 7.10. The Morgan fingerprint density at radius 1 is 1.21 bits per heavy atom. The van der Waals surface area contributed by atoms with Crippen LogP contribution < -0.4 is 0 Å². The van der Waals surface area contributed by atoms with Crippen molar-refractivity contribution < 1.29 is 23.3 Å². The third-order valence-corrected chi connectivity index (χ3v) is 4.86. The van der Waals surface area contributed by atoms with Crippen molar-refractivity contribution >= 4 is 22.9 Å². The average Bonchev–Trinajstić information content (AvgIpc) is 2.65. The molecule has 6 nitrogen and oxygen atoms in total. The Balaban J connectivity index is 2.61. The molecule has 1 aromatic carbocycles. The number of esters is 1. The summed E-state index contributed by atoms with van der Waals surface area (Å²) < 4.78 is 24.2. The number of carbonyl (C=O) groups is 2. The van der Waals surface area contributed by atoms with Crippen molar-refractivity contribution in [2.24, 2.45) is 0 Å². The molecule has 0 aliphatic rings. The van der Waals surface area contributed by atoms with E-state index in [4.69, 9.17) is 9.47 Å². The normalized spacial score (nSPS) is 14.2. The van der Waals surface area contributed by atoms with E-state index in [1.54, 1.807) is 32.1 Å². The van der Waals surface area contributed by atoms with Gasteiger partial charge in [0.25, 0.3) is 0 Å². The maximum Gasteiger partial charge on any atom is 0.308 e. The number of hydrogen-bond donors (Lipinski definition) is 0. The van der Waals surface area contributed by atoms with E-state index in [9.17, 15) is 13.8 Å². The number of carbonyl (C=O) groups excluding carboxylic acids is 2. The molecule has 0 aliphatic heterocycles. The molecule has 0 fully saturated rings. The number of allylic oxidation sites excluding steroid dienone is 2. The zero-order valence-corrected chi connectivity index (χ0v) is 17.5. The van der Waals surface area contributed by atoms with Crippen molar-refractivity contribution in [1.29, 1.82) is 0 Å². The number of hydrogen-bond acceptors (Lipinski definition) is 5. The summed E-state index contributed by atoms with van der Waals surface area (Å²) in [5.74, 6) is -0.541. The van der Waals surface area contributed by atoms with Crippen LogP contribution in [0.2, 0.25) is 0 Å². The topological polar surface area (TPSA) is 72.9 Å². The van der Waals surface area contributed by atoms with Crippen molar-refractivity contribution in [2.75, 3.05) is 6.61 Å². The molecule has 0 bridgehead atoms. The van der Waals surface area contributed by atoms with Gasteiger partial charge in [0.05, 0.1) is 19.3 Å². The molecule has 0 saturated heterocycles. The summed E-state index contributed by atoms with van der Waals surface area (Å²) in [6, 6.07) is 9.41. The minimum absolute atomic E-state index is 0.266. The molecule has 7 heteroatoms. The number of amides is 1. The van der Waals surface area contributed by atoms with E-state index in [2.05, 4.69) is 0 Å². The predicted octanol–water partition coefficient (Wildman–Crippen LogP) is 3.64. The van der Waals surface area contributed by atoms with Crippen LogP contribution in [0.3, 0.4) is 0 Å². The predicted molar refractivity (Wildman–Crippen MR) is 110 cm³/mol. The minimum Gasteiger partial charge on any atom is -0.427 e. The molecule has 0 radical (unpaired) electrons. The second-order valence-electron chi connectivity index (χ2n) is 5.88. The average molecular weight is 406 g/mol. The van der Waals surface area contributed by atoms with Crippen molar-refractivity contribution in [3.63, 3.8) is 0 Å². The summed E-state index contributed by atoms with van der Waals surface area (Å²) in [5.41, 5.74) is 1.08. The first kappa shape index (κ1) is 23.5. The third-order valence-electron chi connectivity index (χ3n) is 3.51. The Hall–Kier alpha value is -2.51. The second kappa shape index (κ2) is 12.8. The van der Waals surface area contributed by atoms with Crippen molar-refractivity contribution in [1.82, 2.24) is 4.31 Å². The lowest BCUT2D eigenvalue weighted by atomic mass is 10.2. The molecule has 0 saturated carbocycles. The van der Waals surface area contributed by atoms with Crippen LogP contribution in [0.4, 0.5) is 0 Å². The third kappa shape index (κ3) is 8.92. The molecule has 1 aromatic rings. The lowest BCUT2D eigenvalue weighted by Crippen LogP contribution is -2.36. The van der Waals surface area contributed by atoms with Gasteiger partial charge in [0.2, 0.25) is 5.91 Å². The van der Waals surface area contributed by atoms with Crippen LogP contribution in [-0.2, 0) is 36.7 Å². The monoisotopic (exact) mass is 405 g/mol. The van der Waals surface area contributed by atoms with Crippen LogP contribution in [0.1, 0.15) is 33.3 Å². The van der Waals surface area contributed by atoms with Crippen molar-refractivity contribution in [3.05, 3.63) is 71.4 Å². The van der Waals surface area contributed by atoms with Crippen LogP contribution in [-0.4, -0.2) is 33.0 Å². The van der Waals surface area contributed by atoms with Gasteiger partial charge in [-0.05, 0) is 31.6 Å². The molecule has 0 spiro atoms. The highest BCUT2D eigenvalue weighted by Gasteiger charge is 2.19. The summed E-state index contributed by atoms with van der Waals surface area (Å²) >= 11 is 0. The zero-order chi connectivity index (χ0) is 20.9. The molecule has 2 atom stereocenters. The molecule has 0 heterocycles. The Bertz CT molecular complexity index is 755. The van der Waals surface area contributed by atoms with Gasteiger partial charge in [0.15, 0.2) is 0 Å². The molecule has 2 unspecified atom stereocenters. The van der Waals surface area contributed by atoms with Gasteiger partial charge in [-0.2, -0.15) is 0 Å². The molecule has 1 amide bonds. The van der Waals surface area contributed by atoms with E-state index in [0.29, 0.717) is 13.2 Å². The fraction of sp³-hybridized carbons (Fsp3) is 0.333. The van der Waals surface area contributed by atoms with Crippen LogP contribution in [0.25, 0.3) is 0 Å². The van der Waals surface area contributed by atoms with Crippen molar-refractivity contribution in [3.8, 4) is 0 Å². The Labute approximate surface area is 169 Å². The standard InChI is InChI=1S/C21H27NO5S/c1-5-21(27-19(4)24)13-15-28(25)22(18(3)23)17(2)10-9-14-26-16-20-11-7-6-8-12-20/h5-13,15,17H,14,16H2,1-4H3/b10-9-,15-13+,21-5-. The highest BCUT2D eigenvalue weighted by Crippen LogP contribution is 2.10. The maximum atomic E-state index is 12.5. The van der Waals surface area contributed by atoms with Gasteiger partial charge in [0.1, 0.15) is 16.7 Å². The largest absolute Gasteiger partial charge is 0.427 e. The first-order valence-electron chi connectivity index (χ1n) is 8.87. The molecule has 0 aromatic heterocycles. The summed E-state index contributed by atoms with van der Waals surface area (Å²) in [4.78, 5) is 22.9. The highest BCUT2D eigenvalue weighted by molar-refractivity contribution is 7.86. The van der Waals surface area contributed by atoms with E-state index in [0.717, 1.165) is 5.56 Å². The molecular formula is C21H27NO5S. The number of benzene rings is 1. The summed E-state index contributed by atoms with van der Waals surface area (Å²) in [7, 11) is -1.71. The summed E-state index contributed by atoms with van der Waals surface area (Å²) in [5, 5.41) is 1.32. The first-order valence-corrected chi connectivity index (χ1v) is 10.0. The van der Waals surface area contributed by atoms with Crippen LogP contribution >= 0.6 is 0 Å². The van der Waals surface area contributed by atoms with E-state index in [-0.39, 0.29) is 11.7 Å². The lowest BCUT2D eigenvalue weighted by molar-refractivity contribution is -0.136. The molecule has 0 N–H and O–H groups in total. The Morgan fingerprint density at radius 2 is 1.89 bits per heavy atom. The number of nitrogens with zero attached hydrogens (tertiary/aromatic N) is 1. The van der Waals surface area contributed by atoms with Crippen LogP contribution in [0.5, 0.6) is 0 Å². The smallest absolute Gasteiger partial charge is 0.308 e. The zero-order valence-electron chi connectivity index (χ0n) is 16.7. The van der Waals surface area contributed by atoms with Crippen LogP contribution in [0, 0.1) is 0 Å². The Kier molecular flexibility index (Phi) is 10.8. The summed E-state index contributed by atoms with van der Waals surface area (Å²) in [6.45, 7) is 6.96. The van der Waals surface area contributed by atoms with Gasteiger partial charge in [-0.25, -0.2) is 4.21 Å². The van der Waals surface area contributed by atoms with E-state index < -0.39 is 23.0 Å². The van der Waals surface area contributed by atoms with Crippen LogP contribution in [0.15, 0.2) is 65.8 Å². The summed E-state index contributed by atoms with van der Waals surface area (Å²) in [6.07, 6.45) is 6.54. The fourth-order valence-corrected chi connectivity index (χ4v) is 3.31. The van der Waals surface area contributed by atoms with Crippen molar-refractivity contribution in [2.45, 2.75) is 40.3 Å². The molecular weight excluding hydrogens is 378 g/mol. The first-order chi connectivity index (χ1) is 13.3. The lowest BCUT2D eigenvalue weighted by Gasteiger charge is -2.22. The van der Waals surface area contributed by atoms with Gasteiger partial charge >= 0.3 is 5.97 Å². The highest BCUT2D eigenvalue weighted by atomic mass is 32.2. The maximum absolute atomic E-state index is 12.5. The van der Waals surface area contributed by atoms with Gasteiger partial charge in [0, 0.05) is 19.3 Å². The minimum atomic E-state index is -1.71. The van der Waals surface area contributed by atoms with E-state index >= 15 is 0 Å². The number of ether oxygens (including phenoxy) is 2. The SMILES string of the molecule is C/C=C(/C=C/S(=O)N(C(C)=O)C(C)/C=C\COCc1ccccc1)OC(C)=O. The molecule has 0 aliphatic carbocycles. The van der Waals surface area contributed by atoms with Gasteiger partial charge in [-0.3, -0.25) is 13.9 Å². The van der Waals surface area contributed by atoms with E-state index in [1.165, 1.54) is 29.6 Å². The molecule has 1 rings (SSSR count). The number of rotatable bonds is 10. The molecule has 28 heavy (non-hydrogen) atoms. The van der Waals surface area contributed by atoms with Gasteiger partial charge in [-0.15, -0.1) is 0 Å². The van der Waals surface area contributed by atoms with Gasteiger partial charge in [-0.1, -0.05) is 42.5 Å². The van der Waals surface area contributed by atoms with E-state index in [1.807, 2.05) is 30.3 Å². The van der Waals surface area contributed by atoms with Gasteiger partial charge < -0.3 is 9.47 Å².